The summed E-state index contributed by atoms with van der Waals surface area (Å²) in [5.41, 5.74) is 7.19. The van der Waals surface area contributed by atoms with E-state index in [0.717, 1.165) is 6.42 Å². The Morgan fingerprint density at radius 2 is 2.06 bits per heavy atom. The van der Waals surface area contributed by atoms with Crippen LogP contribution in [0.3, 0.4) is 0 Å². The van der Waals surface area contributed by atoms with Crippen molar-refractivity contribution in [3.63, 3.8) is 0 Å². The first-order valence-electron chi connectivity index (χ1n) is 5.57. The predicted octanol–water partition coefficient (Wildman–Crippen LogP) is 1.97. The molecule has 1 rings (SSSR count). The van der Waals surface area contributed by atoms with E-state index in [4.69, 9.17) is 5.73 Å². The molecule has 0 aromatic heterocycles. The number of rotatable bonds is 5. The molecule has 0 unspecified atom stereocenters. The zero-order chi connectivity index (χ0) is 12.8. The SMILES string of the molecule is CCCC(=O)Cc1cccc(C(=O)OC)c1N. The molecule has 0 aliphatic heterocycles. The van der Waals surface area contributed by atoms with Gasteiger partial charge in [0.25, 0.3) is 0 Å². The first kappa shape index (κ1) is 13.2. The molecule has 0 bridgehead atoms. The van der Waals surface area contributed by atoms with Crippen LogP contribution < -0.4 is 5.73 Å². The molecule has 4 heteroatoms. The van der Waals surface area contributed by atoms with E-state index in [1.165, 1.54) is 7.11 Å². The Kier molecular flexibility index (Phi) is 4.69. The van der Waals surface area contributed by atoms with Gasteiger partial charge >= 0.3 is 5.97 Å². The number of anilines is 1. The highest BCUT2D eigenvalue weighted by molar-refractivity contribution is 5.96. The second kappa shape index (κ2) is 6.03. The van der Waals surface area contributed by atoms with Gasteiger partial charge in [-0.2, -0.15) is 0 Å². The molecule has 0 radical (unpaired) electrons. The molecule has 0 amide bonds. The van der Waals surface area contributed by atoms with Crippen LogP contribution in [0, 0.1) is 0 Å². The summed E-state index contributed by atoms with van der Waals surface area (Å²) in [6, 6.07) is 5.06. The molecule has 0 atom stereocenters. The Labute approximate surface area is 101 Å². The summed E-state index contributed by atoms with van der Waals surface area (Å²) in [7, 11) is 1.30. The summed E-state index contributed by atoms with van der Waals surface area (Å²) in [5.74, 6) is -0.353. The molecule has 92 valence electrons. The molecule has 4 nitrogen and oxygen atoms in total. The Balaban J connectivity index is 2.94. The molecule has 1 aromatic carbocycles. The number of esters is 1. The number of Topliss-reactive ketones (excluding diaryl/α,β-unsaturated/α-hetero) is 1. The maximum absolute atomic E-state index is 11.5. The number of nitrogen functional groups attached to an aromatic ring is 1. The van der Waals surface area contributed by atoms with Gasteiger partial charge in [-0.05, 0) is 18.1 Å². The van der Waals surface area contributed by atoms with Crippen molar-refractivity contribution in [1.82, 2.24) is 0 Å². The largest absolute Gasteiger partial charge is 0.465 e. The zero-order valence-electron chi connectivity index (χ0n) is 10.2. The van der Waals surface area contributed by atoms with Gasteiger partial charge in [0.1, 0.15) is 5.78 Å². The van der Waals surface area contributed by atoms with E-state index in [2.05, 4.69) is 4.74 Å². The minimum absolute atomic E-state index is 0.126. The molecule has 0 saturated heterocycles. The quantitative estimate of drug-likeness (QED) is 0.625. The van der Waals surface area contributed by atoms with E-state index in [1.54, 1.807) is 18.2 Å². The van der Waals surface area contributed by atoms with E-state index in [-0.39, 0.29) is 12.2 Å². The van der Waals surface area contributed by atoms with Crippen LogP contribution in [-0.2, 0) is 16.0 Å². The number of hydrogen-bond acceptors (Lipinski definition) is 4. The van der Waals surface area contributed by atoms with Crippen molar-refractivity contribution >= 4 is 17.4 Å². The minimum atomic E-state index is -0.479. The number of benzene rings is 1. The normalized spacial score (nSPS) is 10.0. The lowest BCUT2D eigenvalue weighted by Gasteiger charge is -2.08. The van der Waals surface area contributed by atoms with E-state index >= 15 is 0 Å². The monoisotopic (exact) mass is 235 g/mol. The van der Waals surface area contributed by atoms with Crippen molar-refractivity contribution in [2.24, 2.45) is 0 Å². The minimum Gasteiger partial charge on any atom is -0.465 e. The molecule has 0 heterocycles. The van der Waals surface area contributed by atoms with Gasteiger partial charge in [-0.15, -0.1) is 0 Å². The van der Waals surface area contributed by atoms with E-state index in [9.17, 15) is 9.59 Å². The molecule has 0 saturated carbocycles. The fourth-order valence-corrected chi connectivity index (χ4v) is 1.63. The van der Waals surface area contributed by atoms with Crippen LogP contribution in [0.1, 0.15) is 35.7 Å². The number of ether oxygens (including phenoxy) is 1. The van der Waals surface area contributed by atoms with Crippen molar-refractivity contribution in [1.29, 1.82) is 0 Å². The maximum Gasteiger partial charge on any atom is 0.339 e. The van der Waals surface area contributed by atoms with Crippen molar-refractivity contribution in [3.05, 3.63) is 29.3 Å². The number of methoxy groups -OCH3 is 1. The first-order valence-corrected chi connectivity index (χ1v) is 5.57. The highest BCUT2D eigenvalue weighted by Crippen LogP contribution is 2.19. The summed E-state index contributed by atoms with van der Waals surface area (Å²) in [6.45, 7) is 1.95. The van der Waals surface area contributed by atoms with Crippen LogP contribution in [0.5, 0.6) is 0 Å². The van der Waals surface area contributed by atoms with Crippen LogP contribution in [-0.4, -0.2) is 18.9 Å². The van der Waals surface area contributed by atoms with Gasteiger partial charge in [0.05, 0.1) is 12.7 Å². The number of para-hydroxylation sites is 1. The molecular weight excluding hydrogens is 218 g/mol. The Bertz CT molecular complexity index is 427. The Hall–Kier alpha value is -1.84. The van der Waals surface area contributed by atoms with Gasteiger partial charge in [-0.25, -0.2) is 4.79 Å². The van der Waals surface area contributed by atoms with Crippen LogP contribution in [0.15, 0.2) is 18.2 Å². The summed E-state index contributed by atoms with van der Waals surface area (Å²) < 4.78 is 4.62. The molecule has 0 spiro atoms. The second-order valence-electron chi connectivity index (χ2n) is 3.84. The predicted molar refractivity (Wildman–Crippen MR) is 65.8 cm³/mol. The van der Waals surface area contributed by atoms with Crippen molar-refractivity contribution in [3.8, 4) is 0 Å². The van der Waals surface area contributed by atoms with E-state index < -0.39 is 5.97 Å². The van der Waals surface area contributed by atoms with Gasteiger partial charge in [0.2, 0.25) is 0 Å². The van der Waals surface area contributed by atoms with E-state index in [1.807, 2.05) is 6.92 Å². The van der Waals surface area contributed by atoms with Crippen molar-refractivity contribution in [2.75, 3.05) is 12.8 Å². The number of nitrogens with two attached hydrogens (primary N) is 1. The Morgan fingerprint density at radius 3 is 2.65 bits per heavy atom. The third-order valence-corrected chi connectivity index (χ3v) is 2.52. The van der Waals surface area contributed by atoms with Crippen LogP contribution >= 0.6 is 0 Å². The lowest BCUT2D eigenvalue weighted by molar-refractivity contribution is -0.118. The Morgan fingerprint density at radius 1 is 1.35 bits per heavy atom. The summed E-state index contributed by atoms with van der Waals surface area (Å²) in [5, 5.41) is 0. The fourth-order valence-electron chi connectivity index (χ4n) is 1.63. The van der Waals surface area contributed by atoms with Gasteiger partial charge in [-0.1, -0.05) is 19.1 Å². The highest BCUT2D eigenvalue weighted by Gasteiger charge is 2.14. The molecule has 1 aromatic rings. The van der Waals surface area contributed by atoms with Crippen molar-refractivity contribution in [2.45, 2.75) is 26.2 Å². The lowest BCUT2D eigenvalue weighted by atomic mass is 10.0. The standard InChI is InChI=1S/C13H17NO3/c1-3-5-10(15)8-9-6-4-7-11(12(9)14)13(16)17-2/h4,6-7H,3,5,8,14H2,1-2H3. The number of ketones is 1. The maximum atomic E-state index is 11.5. The van der Waals surface area contributed by atoms with Gasteiger partial charge in [0, 0.05) is 18.5 Å². The average molecular weight is 235 g/mol. The van der Waals surface area contributed by atoms with Crippen LogP contribution in [0.25, 0.3) is 0 Å². The average Bonchev–Trinajstić information content (AvgIpc) is 2.31. The van der Waals surface area contributed by atoms with Gasteiger partial charge < -0.3 is 10.5 Å². The third-order valence-electron chi connectivity index (χ3n) is 2.52. The number of hydrogen-bond donors (Lipinski definition) is 1. The first-order chi connectivity index (χ1) is 8.10. The molecule has 2 N–H and O–H groups in total. The van der Waals surface area contributed by atoms with Crippen molar-refractivity contribution < 1.29 is 14.3 Å². The molecule has 0 fully saturated rings. The fraction of sp³-hybridized carbons (Fsp3) is 0.385. The van der Waals surface area contributed by atoms with Gasteiger partial charge in [0.15, 0.2) is 0 Å². The van der Waals surface area contributed by atoms with Crippen LogP contribution in [0.2, 0.25) is 0 Å². The van der Waals surface area contributed by atoms with Crippen LogP contribution in [0.4, 0.5) is 5.69 Å². The molecule has 0 aliphatic carbocycles. The molecule has 0 aliphatic rings. The number of carbonyl (C=O) groups is 2. The lowest BCUT2D eigenvalue weighted by Crippen LogP contribution is -2.10. The van der Waals surface area contributed by atoms with E-state index in [0.29, 0.717) is 23.2 Å². The summed E-state index contributed by atoms with van der Waals surface area (Å²) in [4.78, 5) is 23.0. The zero-order valence-corrected chi connectivity index (χ0v) is 10.2. The smallest absolute Gasteiger partial charge is 0.339 e. The molecule has 17 heavy (non-hydrogen) atoms. The number of carbonyl (C=O) groups excluding carboxylic acids is 2. The third kappa shape index (κ3) is 3.31. The summed E-state index contributed by atoms with van der Waals surface area (Å²) in [6.07, 6.45) is 1.61. The van der Waals surface area contributed by atoms with Gasteiger partial charge in [-0.3, -0.25) is 4.79 Å². The highest BCUT2D eigenvalue weighted by atomic mass is 16.5. The topological polar surface area (TPSA) is 69.4 Å². The second-order valence-corrected chi connectivity index (χ2v) is 3.84. The summed E-state index contributed by atoms with van der Waals surface area (Å²) >= 11 is 0. The molecular formula is C13H17NO3.